The van der Waals surface area contributed by atoms with Crippen molar-refractivity contribution in [1.29, 1.82) is 0 Å². The minimum absolute atomic E-state index is 0.567. The van der Waals surface area contributed by atoms with Crippen molar-refractivity contribution in [2.24, 2.45) is 0 Å². The van der Waals surface area contributed by atoms with Crippen LogP contribution < -0.4 is 4.72 Å². The first kappa shape index (κ1) is 17.0. The van der Waals surface area contributed by atoms with E-state index in [1.807, 2.05) is 0 Å². The second-order valence-electron chi connectivity index (χ2n) is 4.57. The maximum atomic E-state index is 13.6. The second kappa shape index (κ2) is 6.39. The minimum Gasteiger partial charge on any atom is -0.207 e. The maximum absolute atomic E-state index is 13.6. The van der Waals surface area contributed by atoms with Gasteiger partial charge in [0.1, 0.15) is 4.90 Å². The van der Waals surface area contributed by atoms with E-state index >= 15 is 0 Å². The van der Waals surface area contributed by atoms with Crippen molar-refractivity contribution in [3.63, 3.8) is 0 Å². The van der Waals surface area contributed by atoms with E-state index in [4.69, 9.17) is 0 Å². The molecule has 1 N–H and O–H groups in total. The minimum atomic E-state index is -4.33. The van der Waals surface area contributed by atoms with Crippen molar-refractivity contribution in [3.8, 4) is 0 Å². The predicted octanol–water partition coefficient (Wildman–Crippen LogP) is 3.91. The molecule has 0 bridgehead atoms. The molecule has 0 spiro atoms. The molecule has 0 aromatic heterocycles. The fraction of sp³-hybridized carbons (Fsp3) is 0.143. The van der Waals surface area contributed by atoms with Gasteiger partial charge in [-0.3, -0.25) is 0 Å². The molecule has 2 aromatic carbocycles. The Kier molecular flexibility index (Phi) is 4.93. The Morgan fingerprint density at radius 2 is 1.59 bits per heavy atom. The molecule has 3 nitrogen and oxygen atoms in total. The van der Waals surface area contributed by atoms with E-state index in [2.05, 4.69) is 20.7 Å². The molecular weight excluding hydrogens is 383 g/mol. The van der Waals surface area contributed by atoms with Gasteiger partial charge in [0.15, 0.2) is 17.5 Å². The van der Waals surface area contributed by atoms with Crippen LogP contribution in [0, 0.1) is 17.5 Å². The van der Waals surface area contributed by atoms with E-state index in [-0.39, 0.29) is 0 Å². The van der Waals surface area contributed by atoms with Gasteiger partial charge in [-0.15, -0.1) is 0 Å². The van der Waals surface area contributed by atoms with Gasteiger partial charge in [-0.05, 0) is 36.8 Å². The second-order valence-corrected chi connectivity index (χ2v) is 7.17. The van der Waals surface area contributed by atoms with Crippen LogP contribution in [-0.4, -0.2) is 8.42 Å². The maximum Gasteiger partial charge on any atom is 0.244 e. The standard InChI is InChI=1S/C14H11BrF3NO2S/c1-8(9-2-4-10(15)5-3-9)19-22(20,21)12-7-6-11(16)13(17)14(12)18/h2-8,19H,1H3/t8-/m1/s1. The lowest BCUT2D eigenvalue weighted by molar-refractivity contribution is 0.431. The normalized spacial score (nSPS) is 13.1. The van der Waals surface area contributed by atoms with E-state index in [1.165, 1.54) is 0 Å². The Bertz CT molecular complexity index is 794. The third-order valence-corrected chi connectivity index (χ3v) is 5.08. The Balaban J connectivity index is 2.32. The summed E-state index contributed by atoms with van der Waals surface area (Å²) in [5.41, 5.74) is 0.634. The summed E-state index contributed by atoms with van der Waals surface area (Å²) in [5.74, 6) is -5.01. The molecule has 118 valence electrons. The molecule has 0 heterocycles. The van der Waals surface area contributed by atoms with Crippen molar-refractivity contribution in [2.75, 3.05) is 0 Å². The highest BCUT2D eigenvalue weighted by atomic mass is 79.9. The topological polar surface area (TPSA) is 46.2 Å². The van der Waals surface area contributed by atoms with Crippen LogP contribution in [-0.2, 0) is 10.0 Å². The molecule has 22 heavy (non-hydrogen) atoms. The highest BCUT2D eigenvalue weighted by Gasteiger charge is 2.25. The molecule has 0 aliphatic rings. The molecule has 0 unspecified atom stereocenters. The molecule has 2 rings (SSSR count). The van der Waals surface area contributed by atoms with E-state index in [0.717, 1.165) is 4.47 Å². The third kappa shape index (κ3) is 3.50. The van der Waals surface area contributed by atoms with Crippen molar-refractivity contribution in [2.45, 2.75) is 17.9 Å². The van der Waals surface area contributed by atoms with Gasteiger partial charge in [-0.2, -0.15) is 0 Å². The monoisotopic (exact) mass is 393 g/mol. The average Bonchev–Trinajstić information content (AvgIpc) is 2.44. The van der Waals surface area contributed by atoms with Gasteiger partial charge >= 0.3 is 0 Å². The molecule has 0 aliphatic carbocycles. The molecule has 0 aliphatic heterocycles. The molecule has 8 heteroatoms. The van der Waals surface area contributed by atoms with Gasteiger partial charge in [0.2, 0.25) is 10.0 Å². The van der Waals surface area contributed by atoms with Crippen LogP contribution >= 0.6 is 15.9 Å². The van der Waals surface area contributed by atoms with Crippen LogP contribution in [0.15, 0.2) is 45.8 Å². The lowest BCUT2D eigenvalue weighted by Crippen LogP contribution is -2.28. The van der Waals surface area contributed by atoms with Gasteiger partial charge < -0.3 is 0 Å². The average molecular weight is 394 g/mol. The van der Waals surface area contributed by atoms with Crippen molar-refractivity contribution < 1.29 is 21.6 Å². The summed E-state index contributed by atoms with van der Waals surface area (Å²) in [6.07, 6.45) is 0. The molecular formula is C14H11BrF3NO2S. The van der Waals surface area contributed by atoms with Gasteiger partial charge in [0, 0.05) is 10.5 Å². The summed E-state index contributed by atoms with van der Waals surface area (Å²) in [5, 5.41) is 0. The third-order valence-electron chi connectivity index (χ3n) is 2.99. The molecule has 0 radical (unpaired) electrons. The Morgan fingerprint density at radius 3 is 2.18 bits per heavy atom. The van der Waals surface area contributed by atoms with Crippen molar-refractivity contribution in [3.05, 3.63) is 63.9 Å². The quantitative estimate of drug-likeness (QED) is 0.800. The Morgan fingerprint density at radius 1 is 1.00 bits per heavy atom. The van der Waals surface area contributed by atoms with Crippen LogP contribution in [0.3, 0.4) is 0 Å². The number of hydrogen-bond donors (Lipinski definition) is 1. The van der Waals surface area contributed by atoms with E-state index in [9.17, 15) is 21.6 Å². The number of nitrogens with one attached hydrogen (secondary N) is 1. The number of benzene rings is 2. The first-order valence-corrected chi connectivity index (χ1v) is 8.41. The molecule has 0 saturated heterocycles. The fourth-order valence-corrected chi connectivity index (χ4v) is 3.40. The van der Waals surface area contributed by atoms with E-state index in [1.54, 1.807) is 31.2 Å². The smallest absolute Gasteiger partial charge is 0.207 e. The Hall–Kier alpha value is -1.38. The van der Waals surface area contributed by atoms with Crippen LogP contribution in [0.2, 0.25) is 0 Å². The molecule has 0 fully saturated rings. The van der Waals surface area contributed by atoms with Gasteiger partial charge in [0.05, 0.1) is 0 Å². The van der Waals surface area contributed by atoms with E-state index < -0.39 is 38.4 Å². The van der Waals surface area contributed by atoms with Crippen LogP contribution in [0.4, 0.5) is 13.2 Å². The molecule has 2 aromatic rings. The zero-order chi connectivity index (χ0) is 16.5. The zero-order valence-corrected chi connectivity index (χ0v) is 13.7. The molecule has 0 amide bonds. The number of rotatable bonds is 4. The zero-order valence-electron chi connectivity index (χ0n) is 11.3. The SMILES string of the molecule is C[C@@H](NS(=O)(=O)c1ccc(F)c(F)c1F)c1ccc(Br)cc1. The van der Waals surface area contributed by atoms with Gasteiger partial charge in [0.25, 0.3) is 0 Å². The lowest BCUT2D eigenvalue weighted by Gasteiger charge is -2.15. The van der Waals surface area contributed by atoms with Crippen LogP contribution in [0.25, 0.3) is 0 Å². The van der Waals surface area contributed by atoms with Crippen LogP contribution in [0.5, 0.6) is 0 Å². The first-order chi connectivity index (χ1) is 10.2. The van der Waals surface area contributed by atoms with Crippen molar-refractivity contribution in [1.82, 2.24) is 4.72 Å². The summed E-state index contributed by atoms with van der Waals surface area (Å²) in [4.78, 5) is -0.935. The Labute approximate surface area is 134 Å². The van der Waals surface area contributed by atoms with E-state index in [0.29, 0.717) is 17.7 Å². The highest BCUT2D eigenvalue weighted by Crippen LogP contribution is 2.23. The highest BCUT2D eigenvalue weighted by molar-refractivity contribution is 9.10. The number of halogens is 4. The summed E-state index contributed by atoms with van der Waals surface area (Å²) in [6, 6.07) is 7.38. The summed E-state index contributed by atoms with van der Waals surface area (Å²) >= 11 is 3.25. The molecule has 1 atom stereocenters. The summed E-state index contributed by atoms with van der Waals surface area (Å²) < 4.78 is 67.0. The number of sulfonamides is 1. The molecule has 0 saturated carbocycles. The lowest BCUT2D eigenvalue weighted by atomic mass is 10.1. The van der Waals surface area contributed by atoms with Gasteiger partial charge in [-0.25, -0.2) is 26.3 Å². The fourth-order valence-electron chi connectivity index (χ4n) is 1.83. The largest absolute Gasteiger partial charge is 0.244 e. The summed E-state index contributed by atoms with van der Waals surface area (Å²) in [7, 11) is -4.33. The van der Waals surface area contributed by atoms with Crippen molar-refractivity contribution >= 4 is 26.0 Å². The summed E-state index contributed by atoms with van der Waals surface area (Å²) in [6.45, 7) is 1.55. The predicted molar refractivity (Wildman–Crippen MR) is 79.2 cm³/mol. The first-order valence-electron chi connectivity index (χ1n) is 6.13. The van der Waals surface area contributed by atoms with Crippen LogP contribution in [0.1, 0.15) is 18.5 Å². The van der Waals surface area contributed by atoms with Gasteiger partial charge in [-0.1, -0.05) is 28.1 Å². The number of hydrogen-bond acceptors (Lipinski definition) is 2.